The number of rotatable bonds is 5. The fourth-order valence-electron chi connectivity index (χ4n) is 2.73. The summed E-state index contributed by atoms with van der Waals surface area (Å²) in [4.78, 5) is 11.6. The zero-order valence-corrected chi connectivity index (χ0v) is 15.2. The first kappa shape index (κ1) is 18.2. The number of carbonyl (C=O) groups is 1. The van der Waals surface area contributed by atoms with Crippen molar-refractivity contribution >= 4 is 41.6 Å². The molecule has 3 aromatic rings. The number of benzene rings is 3. The molecule has 3 rings (SSSR count). The van der Waals surface area contributed by atoms with Crippen molar-refractivity contribution in [2.24, 2.45) is 0 Å². The first-order valence-corrected chi connectivity index (χ1v) is 8.79. The monoisotopic (exact) mass is 354 g/mol. The summed E-state index contributed by atoms with van der Waals surface area (Å²) in [5.74, 6) is -0.128. The summed E-state index contributed by atoms with van der Waals surface area (Å²) in [5.41, 5.74) is 11.5. The van der Waals surface area contributed by atoms with Crippen molar-refractivity contribution in [3.8, 4) is 0 Å². The van der Waals surface area contributed by atoms with Crippen molar-refractivity contribution in [3.05, 3.63) is 95.1 Å². The molecule has 0 heterocycles. The highest BCUT2D eigenvalue weighted by Gasteiger charge is 2.06. The van der Waals surface area contributed by atoms with E-state index < -0.39 is 0 Å². The Kier molecular flexibility index (Phi) is 5.85. The number of nitrogens with two attached hydrogens (primary N) is 1. The van der Waals surface area contributed by atoms with Gasteiger partial charge in [0.05, 0.1) is 5.69 Å². The molecule has 0 aliphatic heterocycles. The first-order valence-electron chi connectivity index (χ1n) is 8.79. The third-order valence-electron chi connectivity index (χ3n) is 4.08. The first-order chi connectivity index (χ1) is 13.1. The number of amides is 1. The van der Waals surface area contributed by atoms with Gasteiger partial charge in [-0.05, 0) is 34.4 Å². The van der Waals surface area contributed by atoms with Gasteiger partial charge in [-0.3, -0.25) is 4.79 Å². The third-order valence-corrected chi connectivity index (χ3v) is 4.08. The maximum atomic E-state index is 11.6. The molecule has 3 aromatic carbocycles. The van der Waals surface area contributed by atoms with Crippen LogP contribution in [0.2, 0.25) is 0 Å². The van der Waals surface area contributed by atoms with Crippen LogP contribution in [0.3, 0.4) is 0 Å². The topological polar surface area (TPSA) is 55.1 Å². The summed E-state index contributed by atoms with van der Waals surface area (Å²) in [7, 11) is 0. The van der Waals surface area contributed by atoms with Crippen LogP contribution in [0.25, 0.3) is 24.3 Å². The number of hydrogen-bond acceptors (Lipinski definition) is 2. The van der Waals surface area contributed by atoms with Crippen molar-refractivity contribution in [3.63, 3.8) is 0 Å². The lowest BCUT2D eigenvalue weighted by Crippen LogP contribution is -2.08. The van der Waals surface area contributed by atoms with Crippen molar-refractivity contribution in [2.75, 3.05) is 11.1 Å². The lowest BCUT2D eigenvalue weighted by atomic mass is 10.0. The molecule has 1 amide bonds. The number of nitrogens with one attached hydrogen (secondary N) is 1. The predicted octanol–water partition coefficient (Wildman–Crippen LogP) is 5.57. The number of hydrogen-bond donors (Lipinski definition) is 2. The Morgan fingerprint density at radius 2 is 1.30 bits per heavy atom. The van der Waals surface area contributed by atoms with Gasteiger partial charge in [-0.1, -0.05) is 85.0 Å². The zero-order valence-electron chi connectivity index (χ0n) is 15.2. The van der Waals surface area contributed by atoms with Crippen LogP contribution in [-0.4, -0.2) is 5.91 Å². The fraction of sp³-hybridized carbons (Fsp3) is 0.0417. The molecular formula is C24H22N2O. The second-order valence-corrected chi connectivity index (χ2v) is 6.24. The summed E-state index contributed by atoms with van der Waals surface area (Å²) < 4.78 is 0. The maximum absolute atomic E-state index is 11.6. The van der Waals surface area contributed by atoms with Gasteiger partial charge in [-0.25, -0.2) is 0 Å². The predicted molar refractivity (Wildman–Crippen MR) is 116 cm³/mol. The molecule has 0 aliphatic carbocycles. The molecule has 0 aromatic heterocycles. The van der Waals surface area contributed by atoms with Crippen LogP contribution in [0.15, 0.2) is 72.8 Å². The summed E-state index contributed by atoms with van der Waals surface area (Å²) in [6, 6.07) is 23.9. The van der Waals surface area contributed by atoms with E-state index in [1.165, 1.54) is 6.92 Å². The Balaban J connectivity index is 1.96. The molecule has 0 spiro atoms. The zero-order chi connectivity index (χ0) is 19.1. The molecule has 3 N–H and O–H groups in total. The normalized spacial score (nSPS) is 11.1. The lowest BCUT2D eigenvalue weighted by molar-refractivity contribution is -0.114. The Labute approximate surface area is 159 Å². The highest BCUT2D eigenvalue weighted by molar-refractivity contribution is 5.94. The average Bonchev–Trinajstić information content (AvgIpc) is 2.67. The highest BCUT2D eigenvalue weighted by atomic mass is 16.1. The van der Waals surface area contributed by atoms with Crippen molar-refractivity contribution in [1.29, 1.82) is 0 Å². The molecule has 0 atom stereocenters. The maximum Gasteiger partial charge on any atom is 0.221 e. The molecule has 0 saturated carbocycles. The van der Waals surface area contributed by atoms with Crippen molar-refractivity contribution in [2.45, 2.75) is 6.92 Å². The van der Waals surface area contributed by atoms with E-state index in [1.54, 1.807) is 6.07 Å². The molecule has 0 bridgehead atoms. The van der Waals surface area contributed by atoms with Gasteiger partial charge >= 0.3 is 0 Å². The number of anilines is 2. The molecule has 0 unspecified atom stereocenters. The van der Waals surface area contributed by atoms with Crippen LogP contribution in [0.4, 0.5) is 11.4 Å². The Hall–Kier alpha value is -3.59. The number of carbonyl (C=O) groups excluding carboxylic acids is 1. The summed E-state index contributed by atoms with van der Waals surface area (Å²) in [5, 5.41) is 2.86. The minimum absolute atomic E-state index is 0.128. The van der Waals surface area contributed by atoms with E-state index in [0.717, 1.165) is 22.3 Å². The van der Waals surface area contributed by atoms with Crippen molar-refractivity contribution in [1.82, 2.24) is 0 Å². The Morgan fingerprint density at radius 3 is 1.81 bits per heavy atom. The van der Waals surface area contributed by atoms with Crippen LogP contribution in [0.5, 0.6) is 0 Å². The van der Waals surface area contributed by atoms with E-state index in [9.17, 15) is 4.79 Å². The molecule has 0 fully saturated rings. The van der Waals surface area contributed by atoms with E-state index in [-0.39, 0.29) is 5.91 Å². The summed E-state index contributed by atoms with van der Waals surface area (Å²) >= 11 is 0. The number of nitrogen functional groups attached to an aromatic ring is 1. The van der Waals surface area contributed by atoms with E-state index >= 15 is 0 Å². The van der Waals surface area contributed by atoms with Crippen LogP contribution < -0.4 is 11.1 Å². The third kappa shape index (κ3) is 5.19. The average molecular weight is 354 g/mol. The van der Waals surface area contributed by atoms with Gasteiger partial charge in [0.1, 0.15) is 0 Å². The Morgan fingerprint density at radius 1 is 0.778 bits per heavy atom. The van der Waals surface area contributed by atoms with Crippen LogP contribution >= 0.6 is 0 Å². The highest BCUT2D eigenvalue weighted by Crippen LogP contribution is 2.27. The SMILES string of the molecule is CC(=O)Nc1cc(N)c(C=Cc2ccccc2)cc1C=Cc1ccccc1. The second kappa shape index (κ2) is 8.68. The van der Waals surface area contributed by atoms with Gasteiger partial charge in [0.2, 0.25) is 5.91 Å². The van der Waals surface area contributed by atoms with Crippen LogP contribution in [-0.2, 0) is 4.79 Å². The summed E-state index contributed by atoms with van der Waals surface area (Å²) in [6.45, 7) is 1.49. The lowest BCUT2D eigenvalue weighted by Gasteiger charge is -2.11. The van der Waals surface area contributed by atoms with E-state index in [2.05, 4.69) is 5.32 Å². The second-order valence-electron chi connectivity index (χ2n) is 6.24. The smallest absolute Gasteiger partial charge is 0.221 e. The molecule has 134 valence electrons. The van der Waals surface area contributed by atoms with E-state index in [4.69, 9.17) is 5.73 Å². The molecular weight excluding hydrogens is 332 g/mol. The van der Waals surface area contributed by atoms with Gasteiger partial charge in [0.25, 0.3) is 0 Å². The quantitative estimate of drug-likeness (QED) is 0.465. The van der Waals surface area contributed by atoms with Gasteiger partial charge in [-0.2, -0.15) is 0 Å². The minimum atomic E-state index is -0.128. The molecule has 3 heteroatoms. The molecule has 0 radical (unpaired) electrons. The van der Waals surface area contributed by atoms with Gasteiger partial charge in [-0.15, -0.1) is 0 Å². The molecule has 0 saturated heterocycles. The van der Waals surface area contributed by atoms with Crippen molar-refractivity contribution < 1.29 is 4.79 Å². The summed E-state index contributed by atoms with van der Waals surface area (Å²) in [6.07, 6.45) is 8.01. The largest absolute Gasteiger partial charge is 0.398 e. The van der Waals surface area contributed by atoms with Gasteiger partial charge < -0.3 is 11.1 Å². The fourth-order valence-corrected chi connectivity index (χ4v) is 2.73. The van der Waals surface area contributed by atoms with E-state index in [1.807, 2.05) is 91.0 Å². The van der Waals surface area contributed by atoms with Crippen LogP contribution in [0, 0.1) is 0 Å². The minimum Gasteiger partial charge on any atom is -0.398 e. The van der Waals surface area contributed by atoms with Gasteiger partial charge in [0, 0.05) is 12.6 Å². The molecule has 27 heavy (non-hydrogen) atoms. The van der Waals surface area contributed by atoms with Crippen LogP contribution in [0.1, 0.15) is 29.2 Å². The molecule has 3 nitrogen and oxygen atoms in total. The standard InChI is InChI=1S/C24H22N2O/c1-18(27)26-24-17-23(25)21(14-12-19-8-4-2-5-9-19)16-22(24)15-13-20-10-6-3-7-11-20/h2-17H,25H2,1H3,(H,26,27). The Bertz CT molecular complexity index is 974. The molecule has 0 aliphatic rings. The van der Waals surface area contributed by atoms with E-state index in [0.29, 0.717) is 11.4 Å². The van der Waals surface area contributed by atoms with Gasteiger partial charge in [0.15, 0.2) is 0 Å².